The van der Waals surface area contributed by atoms with Crippen LogP contribution < -0.4 is 0 Å². The zero-order valence-corrected chi connectivity index (χ0v) is 41.7. The van der Waals surface area contributed by atoms with Crippen LogP contribution in [0.5, 0.6) is 0 Å². The number of nitrogens with zero attached hydrogens (tertiary/aromatic N) is 4. The third-order valence-electron chi connectivity index (χ3n) is 15.9. The lowest BCUT2D eigenvalue weighted by Crippen LogP contribution is -2.15. The monoisotopic (exact) mass is 946 g/mol. The summed E-state index contributed by atoms with van der Waals surface area (Å²) >= 11 is 0. The fraction of sp³-hybridized carbons (Fsp3) is 0.0857. The minimum Gasteiger partial charge on any atom is -0.244 e. The average molecular weight is 947 g/mol. The first-order valence-electron chi connectivity index (χ1n) is 25.6. The van der Waals surface area contributed by atoms with E-state index in [1.165, 1.54) is 66.8 Å². The molecule has 14 rings (SSSR count). The van der Waals surface area contributed by atoms with Crippen LogP contribution in [-0.4, -0.2) is 19.9 Å². The van der Waals surface area contributed by atoms with Crippen molar-refractivity contribution in [3.05, 3.63) is 253 Å². The standard InChI is InChI=1S/C70H50N4/c1-69(2)57-39-47(45-21-15-23-51(37-45)67-65(43-17-7-5-8-18-43)71-61-25-11-13-27-63(61)73-67)29-33-53(57)55-35-31-49(41-59(55)69)50-32-36-56-54-34-30-48(40-58(54)70(3,4)60(56)42-50)46-22-16-24-52(38-46)68-66(44-19-9-6-10-20-44)72-62-26-12-14-28-64(62)74-68/h5-42H,1-4H3. The van der Waals surface area contributed by atoms with Gasteiger partial charge in [0.05, 0.1) is 44.8 Å². The molecule has 350 valence electrons. The number of hydrogen-bond acceptors (Lipinski definition) is 4. The lowest BCUT2D eigenvalue weighted by Gasteiger charge is -2.24. The van der Waals surface area contributed by atoms with Gasteiger partial charge in [-0.05, 0) is 139 Å². The minimum atomic E-state index is -0.206. The molecule has 0 saturated heterocycles. The summed E-state index contributed by atoms with van der Waals surface area (Å²) in [6.07, 6.45) is 0. The molecule has 74 heavy (non-hydrogen) atoms. The summed E-state index contributed by atoms with van der Waals surface area (Å²) in [7, 11) is 0. The van der Waals surface area contributed by atoms with Crippen LogP contribution in [0, 0.1) is 0 Å². The molecule has 2 aliphatic carbocycles. The van der Waals surface area contributed by atoms with Gasteiger partial charge in [0.2, 0.25) is 0 Å². The number of aromatic nitrogens is 4. The molecule has 0 bridgehead atoms. The van der Waals surface area contributed by atoms with Crippen molar-refractivity contribution in [2.24, 2.45) is 0 Å². The van der Waals surface area contributed by atoms with E-state index in [0.29, 0.717) is 0 Å². The van der Waals surface area contributed by atoms with Crippen LogP contribution in [-0.2, 0) is 10.8 Å². The molecule has 4 nitrogen and oxygen atoms in total. The maximum absolute atomic E-state index is 5.21. The summed E-state index contributed by atoms with van der Waals surface area (Å²) in [6, 6.07) is 82.9. The Morgan fingerprint density at radius 1 is 0.216 bits per heavy atom. The van der Waals surface area contributed by atoms with Crippen LogP contribution in [0.15, 0.2) is 231 Å². The Labute approximate surface area is 431 Å². The first-order valence-corrected chi connectivity index (χ1v) is 25.6. The van der Waals surface area contributed by atoms with Gasteiger partial charge in [0.25, 0.3) is 0 Å². The summed E-state index contributed by atoms with van der Waals surface area (Å²) in [5.74, 6) is 0. The van der Waals surface area contributed by atoms with Crippen molar-refractivity contribution < 1.29 is 0 Å². The predicted octanol–water partition coefficient (Wildman–Crippen LogP) is 17.9. The van der Waals surface area contributed by atoms with Gasteiger partial charge in [0.1, 0.15) is 0 Å². The minimum absolute atomic E-state index is 0.206. The molecular formula is C70H50N4. The van der Waals surface area contributed by atoms with Crippen LogP contribution in [0.3, 0.4) is 0 Å². The Bertz CT molecular complexity index is 3970. The maximum atomic E-state index is 5.21. The second-order valence-corrected chi connectivity index (χ2v) is 21.0. The second-order valence-electron chi connectivity index (χ2n) is 21.0. The molecule has 0 amide bonds. The Morgan fingerprint density at radius 3 is 0.770 bits per heavy atom. The summed E-state index contributed by atoms with van der Waals surface area (Å²) in [5.41, 5.74) is 28.7. The van der Waals surface area contributed by atoms with Gasteiger partial charge in [-0.1, -0.05) is 198 Å². The summed E-state index contributed by atoms with van der Waals surface area (Å²) < 4.78 is 0. The number of rotatable bonds is 7. The molecule has 12 aromatic rings. The van der Waals surface area contributed by atoms with Crippen molar-refractivity contribution in [1.82, 2.24) is 19.9 Å². The molecule has 0 saturated carbocycles. The predicted molar refractivity (Wildman–Crippen MR) is 306 cm³/mol. The SMILES string of the molecule is CC1(C)c2cc(-c3cccc(-c4nc5ccccc5nc4-c4ccccc4)c3)ccc2-c2ccc(-c3ccc4c(c3)C(C)(C)c3cc(-c5cccc(-c6nc7ccccc7nc6-c6ccccc6)c5)ccc3-4)cc21. The third kappa shape index (κ3) is 7.04. The van der Waals surface area contributed by atoms with Crippen molar-refractivity contribution in [3.8, 4) is 101 Å². The van der Waals surface area contributed by atoms with Gasteiger partial charge in [-0.2, -0.15) is 0 Å². The van der Waals surface area contributed by atoms with E-state index in [1.807, 2.05) is 60.7 Å². The van der Waals surface area contributed by atoms with E-state index < -0.39 is 0 Å². The van der Waals surface area contributed by atoms with E-state index in [2.05, 4.69) is 198 Å². The van der Waals surface area contributed by atoms with Crippen molar-refractivity contribution >= 4 is 22.1 Å². The molecule has 2 heterocycles. The highest BCUT2D eigenvalue weighted by Crippen LogP contribution is 2.53. The lowest BCUT2D eigenvalue weighted by atomic mass is 9.79. The largest absolute Gasteiger partial charge is 0.244 e. The molecule has 0 fully saturated rings. The van der Waals surface area contributed by atoms with E-state index in [4.69, 9.17) is 19.9 Å². The van der Waals surface area contributed by atoms with Gasteiger partial charge < -0.3 is 0 Å². The Kier molecular flexibility index (Phi) is 9.87. The molecule has 0 N–H and O–H groups in total. The van der Waals surface area contributed by atoms with E-state index in [-0.39, 0.29) is 10.8 Å². The Balaban J connectivity index is 0.767. The van der Waals surface area contributed by atoms with Crippen LogP contribution in [0.25, 0.3) is 123 Å². The highest BCUT2D eigenvalue weighted by Gasteiger charge is 2.38. The van der Waals surface area contributed by atoms with Gasteiger partial charge in [0, 0.05) is 33.1 Å². The molecule has 0 atom stereocenters. The highest BCUT2D eigenvalue weighted by molar-refractivity contribution is 5.92. The van der Waals surface area contributed by atoms with Crippen LogP contribution >= 0.6 is 0 Å². The van der Waals surface area contributed by atoms with Crippen molar-refractivity contribution in [2.45, 2.75) is 38.5 Å². The van der Waals surface area contributed by atoms with E-state index in [0.717, 1.165) is 78.2 Å². The van der Waals surface area contributed by atoms with Gasteiger partial charge in [-0.3, -0.25) is 0 Å². The third-order valence-corrected chi connectivity index (χ3v) is 15.9. The normalized spacial score (nSPS) is 13.6. The molecule has 0 unspecified atom stereocenters. The quantitative estimate of drug-likeness (QED) is 0.160. The molecule has 4 heteroatoms. The van der Waals surface area contributed by atoms with Gasteiger partial charge in [0.15, 0.2) is 0 Å². The highest BCUT2D eigenvalue weighted by atomic mass is 14.8. The van der Waals surface area contributed by atoms with Gasteiger partial charge >= 0.3 is 0 Å². The average Bonchev–Trinajstić information content (AvgIpc) is 3.84. The van der Waals surface area contributed by atoms with Gasteiger partial charge in [-0.25, -0.2) is 19.9 Å². The zero-order valence-electron chi connectivity index (χ0n) is 41.7. The summed E-state index contributed by atoms with van der Waals surface area (Å²) in [5, 5.41) is 0. The maximum Gasteiger partial charge on any atom is 0.0973 e. The molecule has 0 spiro atoms. The van der Waals surface area contributed by atoms with Gasteiger partial charge in [-0.15, -0.1) is 0 Å². The van der Waals surface area contributed by atoms with Crippen LogP contribution in [0.4, 0.5) is 0 Å². The number of benzene rings is 10. The topological polar surface area (TPSA) is 51.6 Å². The fourth-order valence-corrected chi connectivity index (χ4v) is 11.9. The fourth-order valence-electron chi connectivity index (χ4n) is 11.9. The van der Waals surface area contributed by atoms with Crippen molar-refractivity contribution in [2.75, 3.05) is 0 Å². The first-order chi connectivity index (χ1) is 36.2. The van der Waals surface area contributed by atoms with E-state index >= 15 is 0 Å². The number of para-hydroxylation sites is 4. The molecule has 2 aromatic heterocycles. The number of hydrogen-bond donors (Lipinski definition) is 0. The Hall–Kier alpha value is -9.12. The van der Waals surface area contributed by atoms with Crippen molar-refractivity contribution in [3.63, 3.8) is 0 Å². The Morgan fingerprint density at radius 2 is 0.459 bits per heavy atom. The lowest BCUT2D eigenvalue weighted by molar-refractivity contribution is 0.660. The second kappa shape index (κ2) is 16.7. The smallest absolute Gasteiger partial charge is 0.0973 e. The van der Waals surface area contributed by atoms with E-state index in [9.17, 15) is 0 Å². The first kappa shape index (κ1) is 43.7. The van der Waals surface area contributed by atoms with Crippen molar-refractivity contribution in [1.29, 1.82) is 0 Å². The summed E-state index contributed by atoms with van der Waals surface area (Å²) in [6.45, 7) is 9.52. The molecule has 2 aliphatic rings. The van der Waals surface area contributed by atoms with E-state index in [1.54, 1.807) is 0 Å². The van der Waals surface area contributed by atoms with Crippen LogP contribution in [0.2, 0.25) is 0 Å². The molecule has 0 aliphatic heterocycles. The van der Waals surface area contributed by atoms with Crippen LogP contribution in [0.1, 0.15) is 49.9 Å². The summed E-state index contributed by atoms with van der Waals surface area (Å²) in [4.78, 5) is 20.7. The molecule has 0 radical (unpaired) electrons. The molecule has 10 aromatic carbocycles. The molecular weight excluding hydrogens is 897 g/mol. The number of fused-ring (bicyclic) bond motifs is 8. The zero-order chi connectivity index (χ0) is 49.7.